The van der Waals surface area contributed by atoms with Crippen molar-refractivity contribution in [3.05, 3.63) is 35.4 Å². The van der Waals surface area contributed by atoms with Crippen molar-refractivity contribution in [2.45, 2.75) is 37.9 Å². The van der Waals surface area contributed by atoms with Crippen molar-refractivity contribution in [1.82, 2.24) is 5.32 Å². The summed E-state index contributed by atoms with van der Waals surface area (Å²) in [6.07, 6.45) is -0.313. The number of likely N-dealkylation sites (N-methyl/N-ethyl adjacent to an activating group) is 1. The van der Waals surface area contributed by atoms with E-state index in [1.54, 1.807) is 12.1 Å². The normalized spacial score (nSPS) is 18.7. The fraction of sp³-hybridized carbons (Fsp3) is 0.625. The summed E-state index contributed by atoms with van der Waals surface area (Å²) in [6, 6.07) is 5.78. The number of hydrogen-bond donors (Lipinski definition) is 1. The van der Waals surface area contributed by atoms with Gasteiger partial charge in [0.05, 0.1) is 5.56 Å². The Morgan fingerprint density at radius 2 is 1.81 bits per heavy atom. The van der Waals surface area contributed by atoms with Gasteiger partial charge in [-0.2, -0.15) is 13.2 Å². The Balaban J connectivity index is 1.91. The summed E-state index contributed by atoms with van der Waals surface area (Å²) in [5.74, 6) is 0.644. The zero-order valence-electron chi connectivity index (χ0n) is 12.2. The molecule has 0 radical (unpaired) electrons. The minimum atomic E-state index is -4.26. The standard InChI is InChI=1S/C16H22F3NO/c1-20-15(11-13-6-8-21-9-7-13)10-12-2-4-14(5-3-12)16(17,18)19/h2-5,13,15,20H,6-11H2,1H3. The van der Waals surface area contributed by atoms with Crippen LogP contribution in [0.2, 0.25) is 0 Å². The first-order valence-electron chi connectivity index (χ1n) is 7.40. The maximum Gasteiger partial charge on any atom is 0.416 e. The van der Waals surface area contributed by atoms with E-state index in [4.69, 9.17) is 4.74 Å². The summed E-state index contributed by atoms with van der Waals surface area (Å²) < 4.78 is 43.0. The van der Waals surface area contributed by atoms with Crippen molar-refractivity contribution in [1.29, 1.82) is 0 Å². The van der Waals surface area contributed by atoms with E-state index in [1.165, 1.54) is 0 Å². The first-order valence-corrected chi connectivity index (χ1v) is 7.40. The Morgan fingerprint density at radius 1 is 1.19 bits per heavy atom. The lowest BCUT2D eigenvalue weighted by molar-refractivity contribution is -0.137. The maximum atomic E-state index is 12.5. The largest absolute Gasteiger partial charge is 0.416 e. The third-order valence-corrected chi connectivity index (χ3v) is 4.13. The predicted molar refractivity (Wildman–Crippen MR) is 76.2 cm³/mol. The number of benzene rings is 1. The van der Waals surface area contributed by atoms with Crippen LogP contribution in [0.15, 0.2) is 24.3 Å². The number of nitrogens with one attached hydrogen (secondary N) is 1. The molecular formula is C16H22F3NO. The van der Waals surface area contributed by atoms with Gasteiger partial charge in [-0.3, -0.25) is 0 Å². The third kappa shape index (κ3) is 5.00. The van der Waals surface area contributed by atoms with E-state index in [-0.39, 0.29) is 0 Å². The molecular weight excluding hydrogens is 279 g/mol. The first-order chi connectivity index (χ1) is 9.99. The van der Waals surface area contributed by atoms with Gasteiger partial charge in [-0.05, 0) is 56.3 Å². The molecule has 1 atom stereocenters. The highest BCUT2D eigenvalue weighted by atomic mass is 19.4. The summed E-state index contributed by atoms with van der Waals surface area (Å²) in [5, 5.41) is 3.28. The summed E-state index contributed by atoms with van der Waals surface area (Å²) in [6.45, 7) is 1.64. The molecule has 1 unspecified atom stereocenters. The summed E-state index contributed by atoms with van der Waals surface area (Å²) in [5.41, 5.74) is 0.353. The smallest absolute Gasteiger partial charge is 0.381 e. The molecule has 118 valence electrons. The van der Waals surface area contributed by atoms with E-state index in [9.17, 15) is 13.2 Å². The summed E-state index contributed by atoms with van der Waals surface area (Å²) in [4.78, 5) is 0. The van der Waals surface area contributed by atoms with Gasteiger partial charge >= 0.3 is 6.18 Å². The Bertz CT molecular complexity index is 424. The average Bonchev–Trinajstić information content (AvgIpc) is 2.47. The van der Waals surface area contributed by atoms with Gasteiger partial charge in [0.2, 0.25) is 0 Å². The van der Waals surface area contributed by atoms with Crippen molar-refractivity contribution in [2.24, 2.45) is 5.92 Å². The van der Waals surface area contributed by atoms with E-state index in [1.807, 2.05) is 7.05 Å². The van der Waals surface area contributed by atoms with Crippen molar-refractivity contribution >= 4 is 0 Å². The monoisotopic (exact) mass is 301 g/mol. The lowest BCUT2D eigenvalue weighted by atomic mass is 9.90. The number of halogens is 3. The molecule has 21 heavy (non-hydrogen) atoms. The molecule has 1 aliphatic heterocycles. The SMILES string of the molecule is CNC(Cc1ccc(C(F)(F)F)cc1)CC1CCOCC1. The van der Waals surface area contributed by atoms with Crippen molar-refractivity contribution in [3.63, 3.8) is 0 Å². The molecule has 0 aromatic heterocycles. The zero-order valence-corrected chi connectivity index (χ0v) is 12.2. The zero-order chi connectivity index (χ0) is 15.3. The van der Waals surface area contributed by atoms with Crippen LogP contribution in [0.1, 0.15) is 30.4 Å². The predicted octanol–water partition coefficient (Wildman–Crippen LogP) is 3.65. The fourth-order valence-corrected chi connectivity index (χ4v) is 2.80. The topological polar surface area (TPSA) is 21.3 Å². The van der Waals surface area contributed by atoms with Crippen molar-refractivity contribution in [2.75, 3.05) is 20.3 Å². The Kier molecular flexibility index (Phi) is 5.65. The quantitative estimate of drug-likeness (QED) is 0.896. The second-order valence-corrected chi connectivity index (χ2v) is 5.68. The maximum absolute atomic E-state index is 12.5. The molecule has 1 aromatic carbocycles. The van der Waals surface area contributed by atoms with Gasteiger partial charge < -0.3 is 10.1 Å². The van der Waals surface area contributed by atoms with Gasteiger partial charge in [0, 0.05) is 19.3 Å². The molecule has 1 N–H and O–H groups in total. The fourth-order valence-electron chi connectivity index (χ4n) is 2.80. The number of ether oxygens (including phenoxy) is 1. The third-order valence-electron chi connectivity index (χ3n) is 4.13. The van der Waals surface area contributed by atoms with Gasteiger partial charge in [-0.1, -0.05) is 12.1 Å². The second-order valence-electron chi connectivity index (χ2n) is 5.68. The van der Waals surface area contributed by atoms with Crippen LogP contribution in [-0.4, -0.2) is 26.3 Å². The molecule has 1 saturated heterocycles. The average molecular weight is 301 g/mol. The van der Waals surface area contributed by atoms with Crippen LogP contribution in [0, 0.1) is 5.92 Å². The van der Waals surface area contributed by atoms with E-state index < -0.39 is 11.7 Å². The molecule has 1 fully saturated rings. The molecule has 0 amide bonds. The molecule has 1 heterocycles. The van der Waals surface area contributed by atoms with Gasteiger partial charge in [0.25, 0.3) is 0 Å². The number of rotatable bonds is 5. The van der Waals surface area contributed by atoms with Gasteiger partial charge in [-0.25, -0.2) is 0 Å². The molecule has 0 bridgehead atoms. The Hall–Kier alpha value is -1.07. The molecule has 0 aliphatic carbocycles. The van der Waals surface area contributed by atoms with Gasteiger partial charge in [0.15, 0.2) is 0 Å². The molecule has 0 saturated carbocycles. The van der Waals surface area contributed by atoms with Crippen LogP contribution >= 0.6 is 0 Å². The van der Waals surface area contributed by atoms with Crippen LogP contribution < -0.4 is 5.32 Å². The Labute approximate surface area is 123 Å². The highest BCUT2D eigenvalue weighted by molar-refractivity contribution is 5.25. The number of hydrogen-bond acceptors (Lipinski definition) is 2. The van der Waals surface area contributed by atoms with Crippen molar-refractivity contribution < 1.29 is 17.9 Å². The van der Waals surface area contributed by atoms with Crippen LogP contribution in [0.4, 0.5) is 13.2 Å². The van der Waals surface area contributed by atoms with Crippen LogP contribution in [0.25, 0.3) is 0 Å². The van der Waals surface area contributed by atoms with Crippen LogP contribution in [0.5, 0.6) is 0 Å². The summed E-state index contributed by atoms with van der Waals surface area (Å²) >= 11 is 0. The first kappa shape index (κ1) is 16.3. The molecule has 2 rings (SSSR count). The van der Waals surface area contributed by atoms with E-state index >= 15 is 0 Å². The minimum absolute atomic E-state index is 0.296. The summed E-state index contributed by atoms with van der Waals surface area (Å²) in [7, 11) is 1.91. The highest BCUT2D eigenvalue weighted by Gasteiger charge is 2.30. The molecule has 1 aromatic rings. The molecule has 2 nitrogen and oxygen atoms in total. The van der Waals surface area contributed by atoms with Gasteiger partial charge in [0.1, 0.15) is 0 Å². The van der Waals surface area contributed by atoms with E-state index in [0.29, 0.717) is 12.0 Å². The van der Waals surface area contributed by atoms with Crippen LogP contribution in [-0.2, 0) is 17.3 Å². The minimum Gasteiger partial charge on any atom is -0.381 e. The molecule has 5 heteroatoms. The van der Waals surface area contributed by atoms with E-state index in [0.717, 1.165) is 56.6 Å². The molecule has 1 aliphatic rings. The van der Waals surface area contributed by atoms with Crippen LogP contribution in [0.3, 0.4) is 0 Å². The second kappa shape index (κ2) is 7.27. The highest BCUT2D eigenvalue weighted by Crippen LogP contribution is 2.29. The van der Waals surface area contributed by atoms with E-state index in [2.05, 4.69) is 5.32 Å². The van der Waals surface area contributed by atoms with Crippen molar-refractivity contribution in [3.8, 4) is 0 Å². The van der Waals surface area contributed by atoms with Gasteiger partial charge in [-0.15, -0.1) is 0 Å². The molecule has 0 spiro atoms. The number of alkyl halides is 3. The Morgan fingerprint density at radius 3 is 2.33 bits per heavy atom. The lowest BCUT2D eigenvalue weighted by Gasteiger charge is -2.26. The lowest BCUT2D eigenvalue weighted by Crippen LogP contribution is -2.32.